The molecule has 1 saturated heterocycles. The minimum absolute atomic E-state index is 0.0157. The molecule has 1 fully saturated rings. The molecular weight excluding hydrogens is 410 g/mol. The number of amides is 1. The van der Waals surface area contributed by atoms with Crippen LogP contribution < -0.4 is 10.2 Å². The zero-order chi connectivity index (χ0) is 22.9. The lowest BCUT2D eigenvalue weighted by Crippen LogP contribution is -2.45. The van der Waals surface area contributed by atoms with Crippen molar-refractivity contribution in [1.29, 1.82) is 0 Å². The van der Waals surface area contributed by atoms with Crippen molar-refractivity contribution in [3.63, 3.8) is 0 Å². The Morgan fingerprint density at radius 2 is 1.85 bits per heavy atom. The number of anilines is 1. The Labute approximate surface area is 196 Å². The number of nitrogens with zero attached hydrogens (tertiary/aromatic N) is 4. The number of hydrogen-bond acceptors (Lipinski definition) is 5. The number of carbonyl (C=O) groups excluding carboxylic acids is 1. The average Bonchev–Trinajstić information content (AvgIpc) is 2.89. The highest BCUT2D eigenvalue weighted by atomic mass is 16.1. The van der Waals surface area contributed by atoms with Gasteiger partial charge in [0.15, 0.2) is 5.82 Å². The van der Waals surface area contributed by atoms with Gasteiger partial charge in [0.25, 0.3) is 0 Å². The van der Waals surface area contributed by atoms with E-state index < -0.39 is 0 Å². The molecule has 0 unspecified atom stereocenters. The van der Waals surface area contributed by atoms with Gasteiger partial charge in [-0.3, -0.25) is 9.69 Å². The first-order valence-electron chi connectivity index (χ1n) is 11.9. The number of nitrogens with one attached hydrogen (secondary N) is 1. The smallest absolute Gasteiger partial charge is 0.224 e. The summed E-state index contributed by atoms with van der Waals surface area (Å²) in [6.07, 6.45) is 3.71. The highest BCUT2D eigenvalue weighted by molar-refractivity contribution is 5.79. The Morgan fingerprint density at radius 3 is 2.61 bits per heavy atom. The zero-order valence-electron chi connectivity index (χ0n) is 19.4. The summed E-state index contributed by atoms with van der Waals surface area (Å²) >= 11 is 0. The average molecular weight is 444 g/mol. The van der Waals surface area contributed by atoms with Crippen LogP contribution in [-0.4, -0.2) is 53.5 Å². The van der Waals surface area contributed by atoms with Gasteiger partial charge < -0.3 is 10.2 Å². The fourth-order valence-corrected chi connectivity index (χ4v) is 4.32. The van der Waals surface area contributed by atoms with Crippen LogP contribution in [0.25, 0.3) is 11.4 Å². The maximum Gasteiger partial charge on any atom is 0.224 e. The van der Waals surface area contributed by atoms with E-state index in [0.717, 1.165) is 56.2 Å². The van der Waals surface area contributed by atoms with Crippen LogP contribution in [0.15, 0.2) is 72.9 Å². The van der Waals surface area contributed by atoms with Crippen LogP contribution in [0.3, 0.4) is 0 Å². The zero-order valence-corrected chi connectivity index (χ0v) is 19.4. The predicted molar refractivity (Wildman–Crippen MR) is 133 cm³/mol. The highest BCUT2D eigenvalue weighted by Gasteiger charge is 2.26. The quantitative estimate of drug-likeness (QED) is 0.542. The van der Waals surface area contributed by atoms with Crippen LogP contribution in [0.5, 0.6) is 0 Å². The molecule has 4 rings (SSSR count). The Morgan fingerprint density at radius 1 is 1.09 bits per heavy atom. The molecule has 6 nitrogen and oxygen atoms in total. The molecule has 172 valence electrons. The van der Waals surface area contributed by atoms with E-state index in [-0.39, 0.29) is 11.8 Å². The van der Waals surface area contributed by atoms with E-state index in [1.165, 1.54) is 5.56 Å². The molecule has 1 atom stereocenters. The summed E-state index contributed by atoms with van der Waals surface area (Å²) in [6, 6.07) is 22.4. The molecule has 0 bridgehead atoms. The minimum Gasteiger partial charge on any atom is -0.356 e. The van der Waals surface area contributed by atoms with E-state index in [1.54, 1.807) is 6.20 Å². The van der Waals surface area contributed by atoms with Gasteiger partial charge in [-0.2, -0.15) is 0 Å². The van der Waals surface area contributed by atoms with Crippen molar-refractivity contribution in [2.45, 2.75) is 26.3 Å². The van der Waals surface area contributed by atoms with Gasteiger partial charge in [0.2, 0.25) is 5.91 Å². The fourth-order valence-electron chi connectivity index (χ4n) is 4.32. The molecule has 6 heteroatoms. The molecule has 33 heavy (non-hydrogen) atoms. The van der Waals surface area contributed by atoms with E-state index in [0.29, 0.717) is 13.1 Å². The number of hydrogen-bond donors (Lipinski definition) is 1. The first-order valence-corrected chi connectivity index (χ1v) is 11.9. The summed E-state index contributed by atoms with van der Waals surface area (Å²) in [5.74, 6) is 1.74. The summed E-state index contributed by atoms with van der Waals surface area (Å²) in [6.45, 7) is 7.15. The molecular formula is C27H33N5O. The summed E-state index contributed by atoms with van der Waals surface area (Å²) in [5.41, 5.74) is 2.30. The van der Waals surface area contributed by atoms with Gasteiger partial charge in [-0.1, -0.05) is 67.6 Å². The number of rotatable bonds is 9. The monoisotopic (exact) mass is 443 g/mol. The van der Waals surface area contributed by atoms with Gasteiger partial charge in [-0.05, 0) is 31.0 Å². The van der Waals surface area contributed by atoms with Crippen molar-refractivity contribution < 1.29 is 4.79 Å². The van der Waals surface area contributed by atoms with Crippen molar-refractivity contribution in [1.82, 2.24) is 20.2 Å². The van der Waals surface area contributed by atoms with Crippen molar-refractivity contribution in [2.24, 2.45) is 5.92 Å². The van der Waals surface area contributed by atoms with Crippen LogP contribution in [0.2, 0.25) is 0 Å². The lowest BCUT2D eigenvalue weighted by atomic mass is 9.97. The molecule has 3 aromatic rings. The van der Waals surface area contributed by atoms with Crippen molar-refractivity contribution in [2.75, 3.05) is 37.6 Å². The van der Waals surface area contributed by atoms with Crippen LogP contribution >= 0.6 is 0 Å². The Kier molecular flexibility index (Phi) is 8.04. The topological polar surface area (TPSA) is 61.4 Å². The van der Waals surface area contributed by atoms with Gasteiger partial charge >= 0.3 is 0 Å². The van der Waals surface area contributed by atoms with E-state index in [4.69, 9.17) is 4.98 Å². The molecule has 2 heterocycles. The second-order valence-corrected chi connectivity index (χ2v) is 8.54. The molecule has 0 saturated carbocycles. The maximum atomic E-state index is 12.9. The maximum absolute atomic E-state index is 12.9. The Hall–Kier alpha value is -3.25. The van der Waals surface area contributed by atoms with Crippen molar-refractivity contribution in [3.05, 3.63) is 78.5 Å². The number of piperidine rings is 1. The summed E-state index contributed by atoms with van der Waals surface area (Å²) in [7, 11) is 0. The van der Waals surface area contributed by atoms with Gasteiger partial charge in [0.1, 0.15) is 5.82 Å². The minimum atomic E-state index is -0.0157. The van der Waals surface area contributed by atoms with Crippen molar-refractivity contribution in [3.8, 4) is 11.4 Å². The molecule has 0 radical (unpaired) electrons. The van der Waals surface area contributed by atoms with E-state index >= 15 is 0 Å². The van der Waals surface area contributed by atoms with Gasteiger partial charge in [-0.25, -0.2) is 9.97 Å². The standard InChI is InChI=1S/C27H33N5O/c1-2-31(20-22-10-5-3-6-11-22)19-17-29-27(33)24-14-9-18-32(21-24)25-15-16-28-26(30-25)23-12-7-4-8-13-23/h3-8,10-13,15-16,24H,2,9,14,17-21H2,1H3,(H,29,33)/t24-/m1/s1. The van der Waals surface area contributed by atoms with Crippen molar-refractivity contribution >= 4 is 11.7 Å². The van der Waals surface area contributed by atoms with Crippen LogP contribution in [0.1, 0.15) is 25.3 Å². The van der Waals surface area contributed by atoms with Gasteiger partial charge in [0.05, 0.1) is 5.92 Å². The molecule has 1 aromatic heterocycles. The van der Waals surface area contributed by atoms with Gasteiger partial charge in [0, 0.05) is 44.5 Å². The third-order valence-electron chi connectivity index (χ3n) is 6.21. The third-order valence-corrected chi connectivity index (χ3v) is 6.21. The predicted octanol–water partition coefficient (Wildman–Crippen LogP) is 4.00. The van der Waals surface area contributed by atoms with E-state index in [9.17, 15) is 4.79 Å². The normalized spacial score (nSPS) is 16.1. The number of aromatic nitrogens is 2. The molecule has 1 aliphatic rings. The first kappa shape index (κ1) is 22.9. The number of benzene rings is 2. The number of likely N-dealkylation sites (N-methyl/N-ethyl adjacent to an activating group) is 1. The summed E-state index contributed by atoms with van der Waals surface area (Å²) < 4.78 is 0. The lowest BCUT2D eigenvalue weighted by molar-refractivity contribution is -0.125. The summed E-state index contributed by atoms with van der Waals surface area (Å²) in [4.78, 5) is 26.7. The molecule has 1 N–H and O–H groups in total. The van der Waals surface area contributed by atoms with Crippen LogP contribution in [-0.2, 0) is 11.3 Å². The fraction of sp³-hybridized carbons (Fsp3) is 0.370. The molecule has 0 aliphatic carbocycles. The third kappa shape index (κ3) is 6.39. The van der Waals surface area contributed by atoms with E-state index in [2.05, 4.69) is 51.3 Å². The molecule has 1 aliphatic heterocycles. The van der Waals surface area contributed by atoms with E-state index in [1.807, 2.05) is 42.5 Å². The largest absolute Gasteiger partial charge is 0.356 e. The second kappa shape index (κ2) is 11.6. The highest BCUT2D eigenvalue weighted by Crippen LogP contribution is 2.23. The first-order chi connectivity index (χ1) is 16.2. The van der Waals surface area contributed by atoms with Crippen LogP contribution in [0.4, 0.5) is 5.82 Å². The lowest BCUT2D eigenvalue weighted by Gasteiger charge is -2.33. The Balaban J connectivity index is 1.30. The molecule has 0 spiro atoms. The van der Waals surface area contributed by atoms with Crippen LogP contribution in [0, 0.1) is 5.92 Å². The molecule has 1 amide bonds. The number of carbonyl (C=O) groups is 1. The Bertz CT molecular complexity index is 1010. The summed E-state index contributed by atoms with van der Waals surface area (Å²) in [5, 5.41) is 3.17. The molecule has 2 aromatic carbocycles. The SMILES string of the molecule is CCN(CCNC(=O)[C@@H]1CCCN(c2ccnc(-c3ccccc3)n2)C1)Cc1ccccc1. The second-order valence-electron chi connectivity index (χ2n) is 8.54. The van der Waals surface area contributed by atoms with Gasteiger partial charge in [-0.15, -0.1) is 0 Å².